The van der Waals surface area contributed by atoms with Gasteiger partial charge in [0.05, 0.1) is 0 Å². The van der Waals surface area contributed by atoms with Crippen molar-refractivity contribution in [1.29, 1.82) is 0 Å². The van der Waals surface area contributed by atoms with Gasteiger partial charge in [-0.2, -0.15) is 0 Å². The van der Waals surface area contributed by atoms with Crippen LogP contribution in [0.15, 0.2) is 27.6 Å². The molecule has 1 saturated carbocycles. The number of sulfonamides is 1. The van der Waals surface area contributed by atoms with Gasteiger partial charge in [-0.15, -0.1) is 11.6 Å². The molecular weight excluding hydrogens is 369 g/mol. The molecule has 1 fully saturated rings. The summed E-state index contributed by atoms with van der Waals surface area (Å²) in [5.41, 5.74) is 0. The van der Waals surface area contributed by atoms with E-state index in [1.807, 2.05) is 0 Å². The monoisotopic (exact) mass is 383 g/mol. The maximum Gasteiger partial charge on any atom is 0.243 e. The highest BCUT2D eigenvalue weighted by molar-refractivity contribution is 9.10. The van der Waals surface area contributed by atoms with E-state index < -0.39 is 15.8 Å². The Balaban J connectivity index is 2.07. The molecule has 1 aliphatic rings. The quantitative estimate of drug-likeness (QED) is 0.805. The first-order chi connectivity index (χ1) is 9.40. The van der Waals surface area contributed by atoms with Gasteiger partial charge in [0.15, 0.2) is 0 Å². The molecule has 1 N–H and O–H groups in total. The highest BCUT2D eigenvalue weighted by Gasteiger charge is 2.26. The summed E-state index contributed by atoms with van der Waals surface area (Å²) < 4.78 is 40.9. The van der Waals surface area contributed by atoms with Crippen LogP contribution in [0.5, 0.6) is 0 Å². The molecule has 0 saturated heterocycles. The van der Waals surface area contributed by atoms with Crippen molar-refractivity contribution in [3.05, 3.63) is 28.5 Å². The lowest BCUT2D eigenvalue weighted by Crippen LogP contribution is -2.35. The van der Waals surface area contributed by atoms with Gasteiger partial charge in [0.25, 0.3) is 0 Å². The van der Waals surface area contributed by atoms with Gasteiger partial charge >= 0.3 is 0 Å². The highest BCUT2D eigenvalue weighted by Crippen LogP contribution is 2.28. The molecule has 1 aromatic rings. The topological polar surface area (TPSA) is 46.2 Å². The Morgan fingerprint density at radius 2 is 2.05 bits per heavy atom. The maximum absolute atomic E-state index is 13.7. The molecule has 7 heteroatoms. The van der Waals surface area contributed by atoms with Crippen LogP contribution in [-0.2, 0) is 10.0 Å². The highest BCUT2D eigenvalue weighted by atomic mass is 79.9. The van der Waals surface area contributed by atoms with Crippen LogP contribution < -0.4 is 4.72 Å². The molecule has 2 unspecified atom stereocenters. The SMILES string of the molecule is O=S(=O)(NCC1CCCCC1Cl)c1ccc(Br)cc1F. The van der Waals surface area contributed by atoms with Gasteiger partial charge in [0, 0.05) is 16.4 Å². The van der Waals surface area contributed by atoms with Gasteiger partial charge in [-0.05, 0) is 37.0 Å². The Hall–Kier alpha value is -0.170. The maximum atomic E-state index is 13.7. The van der Waals surface area contributed by atoms with Crippen LogP contribution in [0.2, 0.25) is 0 Å². The van der Waals surface area contributed by atoms with E-state index in [1.54, 1.807) is 0 Å². The van der Waals surface area contributed by atoms with Crippen molar-refractivity contribution in [2.45, 2.75) is 36.0 Å². The molecule has 1 aliphatic carbocycles. The summed E-state index contributed by atoms with van der Waals surface area (Å²) in [5.74, 6) is -0.656. The predicted octanol–water partition coefficient (Wildman–Crippen LogP) is 3.66. The van der Waals surface area contributed by atoms with E-state index in [0.29, 0.717) is 4.47 Å². The van der Waals surface area contributed by atoms with E-state index in [4.69, 9.17) is 11.6 Å². The lowest BCUT2D eigenvalue weighted by atomic mass is 9.89. The molecule has 1 aromatic carbocycles. The minimum absolute atomic E-state index is 0.0128. The van der Waals surface area contributed by atoms with E-state index in [1.165, 1.54) is 12.1 Å². The van der Waals surface area contributed by atoms with Crippen LogP contribution in [0.25, 0.3) is 0 Å². The van der Waals surface area contributed by atoms with Crippen LogP contribution in [0, 0.1) is 11.7 Å². The van der Waals surface area contributed by atoms with Crippen LogP contribution in [0.4, 0.5) is 4.39 Å². The molecule has 3 nitrogen and oxygen atoms in total. The Morgan fingerprint density at radius 3 is 2.70 bits per heavy atom. The van der Waals surface area contributed by atoms with Gasteiger partial charge < -0.3 is 0 Å². The van der Waals surface area contributed by atoms with Crippen LogP contribution in [0.1, 0.15) is 25.7 Å². The molecule has 0 aliphatic heterocycles. The van der Waals surface area contributed by atoms with Gasteiger partial charge in [0.2, 0.25) is 10.0 Å². The van der Waals surface area contributed by atoms with E-state index in [-0.39, 0.29) is 22.7 Å². The number of halogens is 3. The molecule has 2 atom stereocenters. The first kappa shape index (κ1) is 16.2. The third-order valence-electron chi connectivity index (χ3n) is 3.54. The zero-order chi connectivity index (χ0) is 14.8. The molecule has 0 amide bonds. The Morgan fingerprint density at radius 1 is 1.35 bits per heavy atom. The fraction of sp³-hybridized carbons (Fsp3) is 0.538. The first-order valence-corrected chi connectivity index (χ1v) is 9.20. The van der Waals surface area contributed by atoms with E-state index in [2.05, 4.69) is 20.7 Å². The fourth-order valence-corrected chi connectivity index (χ4v) is 4.23. The zero-order valence-corrected chi connectivity index (χ0v) is 13.9. The van der Waals surface area contributed by atoms with Gasteiger partial charge in [-0.1, -0.05) is 28.8 Å². The van der Waals surface area contributed by atoms with E-state index in [0.717, 1.165) is 31.7 Å². The van der Waals surface area contributed by atoms with Crippen LogP contribution >= 0.6 is 27.5 Å². The summed E-state index contributed by atoms with van der Waals surface area (Å²) in [6.45, 7) is 0.256. The average Bonchev–Trinajstić information content (AvgIpc) is 2.37. The fourth-order valence-electron chi connectivity index (χ4n) is 2.38. The van der Waals surface area contributed by atoms with Crippen LogP contribution in [-0.4, -0.2) is 20.3 Å². The second-order valence-electron chi connectivity index (χ2n) is 4.99. The molecule has 0 aromatic heterocycles. The molecule has 0 heterocycles. The third-order valence-corrected chi connectivity index (χ3v) is 6.06. The summed E-state index contributed by atoms with van der Waals surface area (Å²) in [6, 6.07) is 3.89. The molecule has 2 rings (SSSR count). The van der Waals surface area contributed by atoms with Crippen LogP contribution in [0.3, 0.4) is 0 Å². The van der Waals surface area contributed by atoms with Crippen molar-refractivity contribution in [3.8, 4) is 0 Å². The summed E-state index contributed by atoms with van der Waals surface area (Å²) in [5, 5.41) is -0.0128. The summed E-state index contributed by atoms with van der Waals surface area (Å²) in [4.78, 5) is -0.331. The molecule has 20 heavy (non-hydrogen) atoms. The lowest BCUT2D eigenvalue weighted by Gasteiger charge is -2.27. The lowest BCUT2D eigenvalue weighted by molar-refractivity contribution is 0.364. The largest absolute Gasteiger partial charge is 0.243 e. The summed E-state index contributed by atoms with van der Waals surface area (Å²) >= 11 is 9.29. The summed E-state index contributed by atoms with van der Waals surface area (Å²) in [6.07, 6.45) is 3.95. The Bertz CT molecular complexity index is 582. The van der Waals surface area contributed by atoms with Gasteiger partial charge in [-0.25, -0.2) is 17.5 Å². The second-order valence-corrected chi connectivity index (χ2v) is 8.20. The van der Waals surface area contributed by atoms with Crippen molar-refractivity contribution in [2.75, 3.05) is 6.54 Å². The van der Waals surface area contributed by atoms with Gasteiger partial charge in [-0.3, -0.25) is 0 Å². The van der Waals surface area contributed by atoms with Crippen molar-refractivity contribution in [1.82, 2.24) is 4.72 Å². The Kier molecular flexibility index (Phi) is 5.45. The van der Waals surface area contributed by atoms with Gasteiger partial charge in [0.1, 0.15) is 10.7 Å². The molecule has 112 valence electrons. The normalized spacial score (nSPS) is 23.8. The molecule has 0 bridgehead atoms. The minimum atomic E-state index is -3.83. The first-order valence-electron chi connectivity index (χ1n) is 6.49. The average molecular weight is 385 g/mol. The number of nitrogens with one attached hydrogen (secondary N) is 1. The second kappa shape index (κ2) is 6.73. The van der Waals surface area contributed by atoms with Crippen molar-refractivity contribution >= 4 is 37.6 Å². The molecule has 0 radical (unpaired) electrons. The zero-order valence-electron chi connectivity index (χ0n) is 10.8. The van der Waals surface area contributed by atoms with E-state index >= 15 is 0 Å². The number of hydrogen-bond donors (Lipinski definition) is 1. The van der Waals surface area contributed by atoms with Crippen molar-refractivity contribution < 1.29 is 12.8 Å². The third kappa shape index (κ3) is 3.93. The minimum Gasteiger partial charge on any atom is -0.211 e. The molecule has 0 spiro atoms. The number of hydrogen-bond acceptors (Lipinski definition) is 2. The number of alkyl halides is 1. The smallest absolute Gasteiger partial charge is 0.211 e. The predicted molar refractivity (Wildman–Crippen MR) is 80.9 cm³/mol. The summed E-state index contributed by atoms with van der Waals surface area (Å²) in [7, 11) is -3.83. The number of benzene rings is 1. The standard InChI is InChI=1S/C13H16BrClFNO2S/c14-10-5-6-13(12(16)7-10)20(18,19)17-8-9-3-1-2-4-11(9)15/h5-7,9,11,17H,1-4,8H2. The van der Waals surface area contributed by atoms with Crippen molar-refractivity contribution in [3.63, 3.8) is 0 Å². The molecular formula is C13H16BrClFNO2S. The van der Waals surface area contributed by atoms with E-state index in [9.17, 15) is 12.8 Å². The number of rotatable bonds is 4. The Labute approximate surface area is 132 Å². The van der Waals surface area contributed by atoms with Crippen molar-refractivity contribution in [2.24, 2.45) is 5.92 Å².